The molecule has 0 aliphatic heterocycles. The molecule has 0 bridgehead atoms. The minimum atomic E-state index is -0.309. The van der Waals surface area contributed by atoms with Crippen molar-refractivity contribution in [2.75, 3.05) is 0 Å². The highest BCUT2D eigenvalue weighted by atomic mass is 79.9. The highest BCUT2D eigenvalue weighted by Crippen LogP contribution is 2.33. The van der Waals surface area contributed by atoms with E-state index in [9.17, 15) is 4.39 Å². The Labute approximate surface area is 133 Å². The lowest BCUT2D eigenvalue weighted by Crippen LogP contribution is -2.11. The summed E-state index contributed by atoms with van der Waals surface area (Å²) in [6, 6.07) is 13.9. The lowest BCUT2D eigenvalue weighted by atomic mass is 10.1. The number of rotatable bonds is 3. The molecule has 0 aliphatic carbocycles. The molecule has 106 valence electrons. The van der Waals surface area contributed by atoms with Crippen molar-refractivity contribution in [1.29, 1.82) is 0 Å². The van der Waals surface area contributed by atoms with E-state index in [1.54, 1.807) is 6.07 Å². The van der Waals surface area contributed by atoms with Crippen LogP contribution in [0.1, 0.15) is 16.6 Å². The van der Waals surface area contributed by atoms with Crippen LogP contribution in [0.2, 0.25) is 0 Å². The predicted molar refractivity (Wildman–Crippen MR) is 85.5 cm³/mol. The fourth-order valence-electron chi connectivity index (χ4n) is 1.93. The average Bonchev–Trinajstić information content (AvgIpc) is 2.97. The fraction of sp³-hybridized carbons (Fsp3) is 0.0667. The molecule has 2 N–H and O–H groups in total. The minimum absolute atomic E-state index is 0.295. The Morgan fingerprint density at radius 2 is 1.86 bits per heavy atom. The zero-order valence-electron chi connectivity index (χ0n) is 10.8. The van der Waals surface area contributed by atoms with E-state index in [-0.39, 0.29) is 11.9 Å². The number of halogens is 2. The van der Waals surface area contributed by atoms with Crippen LogP contribution < -0.4 is 5.73 Å². The van der Waals surface area contributed by atoms with Gasteiger partial charge >= 0.3 is 0 Å². The quantitative estimate of drug-likeness (QED) is 0.760. The third kappa shape index (κ3) is 3.02. The predicted octanol–water partition coefficient (Wildman–Crippen LogP) is 4.15. The lowest BCUT2D eigenvalue weighted by Gasteiger charge is -2.07. The summed E-state index contributed by atoms with van der Waals surface area (Å²) in [6.45, 7) is 0. The number of nitrogens with zero attached hydrogens (tertiary/aromatic N) is 2. The minimum Gasteiger partial charge on any atom is -0.318 e. The third-order valence-corrected chi connectivity index (χ3v) is 4.72. The molecule has 1 aromatic heterocycles. The summed E-state index contributed by atoms with van der Waals surface area (Å²) >= 11 is 4.75. The molecule has 0 aliphatic rings. The second kappa shape index (κ2) is 6.01. The van der Waals surface area contributed by atoms with Crippen LogP contribution in [0.3, 0.4) is 0 Å². The second-order valence-electron chi connectivity index (χ2n) is 4.46. The van der Waals surface area contributed by atoms with Crippen LogP contribution in [0.5, 0.6) is 0 Å². The van der Waals surface area contributed by atoms with Crippen LogP contribution in [0.25, 0.3) is 10.6 Å². The van der Waals surface area contributed by atoms with Gasteiger partial charge in [0.15, 0.2) is 0 Å². The summed E-state index contributed by atoms with van der Waals surface area (Å²) in [7, 11) is 0. The van der Waals surface area contributed by atoms with E-state index in [4.69, 9.17) is 5.73 Å². The van der Waals surface area contributed by atoms with Gasteiger partial charge in [0.25, 0.3) is 0 Å². The zero-order chi connectivity index (χ0) is 14.8. The zero-order valence-corrected chi connectivity index (χ0v) is 13.2. The van der Waals surface area contributed by atoms with Gasteiger partial charge < -0.3 is 5.73 Å². The first-order valence-electron chi connectivity index (χ1n) is 6.24. The van der Waals surface area contributed by atoms with Gasteiger partial charge in [0.05, 0.1) is 6.04 Å². The molecular formula is C15H11BrFN3S. The molecule has 0 saturated heterocycles. The summed E-state index contributed by atoms with van der Waals surface area (Å²) < 4.78 is 13.8. The van der Waals surface area contributed by atoms with Crippen LogP contribution >= 0.6 is 27.3 Å². The summed E-state index contributed by atoms with van der Waals surface area (Å²) in [5.41, 5.74) is 8.00. The number of hydrogen-bond donors (Lipinski definition) is 1. The standard InChI is InChI=1S/C15H11BrFN3S/c16-12-8-10(17)6-7-11(12)14-19-20-15(21-14)13(18)9-4-2-1-3-5-9/h1-8,13H,18H2. The lowest BCUT2D eigenvalue weighted by molar-refractivity contribution is 0.627. The Kier molecular flexibility index (Phi) is 4.10. The Bertz CT molecular complexity index is 761. The summed E-state index contributed by atoms with van der Waals surface area (Å²) in [5.74, 6) is -0.295. The van der Waals surface area contributed by atoms with Crippen LogP contribution in [0.15, 0.2) is 53.0 Å². The van der Waals surface area contributed by atoms with Crippen molar-refractivity contribution in [3.63, 3.8) is 0 Å². The van der Waals surface area contributed by atoms with E-state index in [0.29, 0.717) is 9.48 Å². The molecule has 3 aromatic rings. The molecule has 1 heterocycles. The van der Waals surface area contributed by atoms with Gasteiger partial charge in [-0.15, -0.1) is 10.2 Å². The van der Waals surface area contributed by atoms with Crippen molar-refractivity contribution in [2.45, 2.75) is 6.04 Å². The molecule has 0 saturated carbocycles. The Hall–Kier alpha value is -1.63. The largest absolute Gasteiger partial charge is 0.318 e. The topological polar surface area (TPSA) is 51.8 Å². The summed E-state index contributed by atoms with van der Waals surface area (Å²) in [4.78, 5) is 0. The molecule has 1 atom stereocenters. The molecule has 0 amide bonds. The highest BCUT2D eigenvalue weighted by Gasteiger charge is 2.16. The maximum atomic E-state index is 13.1. The van der Waals surface area contributed by atoms with E-state index in [1.807, 2.05) is 30.3 Å². The van der Waals surface area contributed by atoms with Crippen molar-refractivity contribution in [1.82, 2.24) is 10.2 Å². The molecule has 1 unspecified atom stereocenters. The molecule has 3 rings (SSSR count). The monoisotopic (exact) mass is 363 g/mol. The Morgan fingerprint density at radius 1 is 1.10 bits per heavy atom. The Balaban J connectivity index is 1.93. The van der Waals surface area contributed by atoms with E-state index >= 15 is 0 Å². The van der Waals surface area contributed by atoms with Crippen LogP contribution in [-0.2, 0) is 0 Å². The van der Waals surface area contributed by atoms with E-state index in [2.05, 4.69) is 26.1 Å². The van der Waals surface area contributed by atoms with Crippen molar-refractivity contribution in [3.05, 3.63) is 69.4 Å². The van der Waals surface area contributed by atoms with Crippen LogP contribution in [0, 0.1) is 5.82 Å². The SMILES string of the molecule is NC(c1ccccc1)c1nnc(-c2ccc(F)cc2Br)s1. The van der Waals surface area contributed by atoms with Gasteiger partial charge in [-0.25, -0.2) is 4.39 Å². The fourth-order valence-corrected chi connectivity index (χ4v) is 3.52. The van der Waals surface area contributed by atoms with E-state index in [0.717, 1.165) is 16.1 Å². The summed E-state index contributed by atoms with van der Waals surface area (Å²) in [6.07, 6.45) is 0. The first-order chi connectivity index (χ1) is 10.1. The van der Waals surface area contributed by atoms with Crippen LogP contribution in [0.4, 0.5) is 4.39 Å². The molecule has 2 aromatic carbocycles. The van der Waals surface area contributed by atoms with Crippen molar-refractivity contribution in [2.24, 2.45) is 5.73 Å². The Morgan fingerprint density at radius 3 is 2.57 bits per heavy atom. The smallest absolute Gasteiger partial charge is 0.149 e. The number of nitrogens with two attached hydrogens (primary N) is 1. The average molecular weight is 364 g/mol. The molecule has 0 fully saturated rings. The van der Waals surface area contributed by atoms with Gasteiger partial charge in [-0.05, 0) is 39.7 Å². The number of benzene rings is 2. The van der Waals surface area contributed by atoms with E-state index < -0.39 is 0 Å². The maximum absolute atomic E-state index is 13.1. The molecule has 6 heteroatoms. The maximum Gasteiger partial charge on any atom is 0.149 e. The van der Waals surface area contributed by atoms with Gasteiger partial charge in [0.2, 0.25) is 0 Å². The van der Waals surface area contributed by atoms with Gasteiger partial charge in [0.1, 0.15) is 15.8 Å². The van der Waals surface area contributed by atoms with E-state index in [1.165, 1.54) is 23.5 Å². The molecular weight excluding hydrogens is 353 g/mol. The third-order valence-electron chi connectivity index (χ3n) is 3.03. The number of hydrogen-bond acceptors (Lipinski definition) is 4. The molecule has 0 spiro atoms. The normalized spacial score (nSPS) is 12.3. The van der Waals surface area contributed by atoms with Crippen LogP contribution in [-0.4, -0.2) is 10.2 Å². The number of aromatic nitrogens is 2. The van der Waals surface area contributed by atoms with Crippen molar-refractivity contribution >= 4 is 27.3 Å². The van der Waals surface area contributed by atoms with Crippen molar-refractivity contribution < 1.29 is 4.39 Å². The van der Waals surface area contributed by atoms with Crippen molar-refractivity contribution in [3.8, 4) is 10.6 Å². The highest BCUT2D eigenvalue weighted by molar-refractivity contribution is 9.10. The summed E-state index contributed by atoms with van der Waals surface area (Å²) in [5, 5.41) is 9.76. The van der Waals surface area contributed by atoms with Gasteiger partial charge in [-0.2, -0.15) is 0 Å². The van der Waals surface area contributed by atoms with Gasteiger partial charge in [-0.1, -0.05) is 41.7 Å². The molecule has 0 radical (unpaired) electrons. The first kappa shape index (κ1) is 14.3. The van der Waals surface area contributed by atoms with Gasteiger partial charge in [-0.3, -0.25) is 0 Å². The van der Waals surface area contributed by atoms with Gasteiger partial charge in [0, 0.05) is 10.0 Å². The first-order valence-corrected chi connectivity index (χ1v) is 7.85. The second-order valence-corrected chi connectivity index (χ2v) is 6.32. The molecule has 21 heavy (non-hydrogen) atoms. The molecule has 3 nitrogen and oxygen atoms in total.